The van der Waals surface area contributed by atoms with Crippen LogP contribution in [0.3, 0.4) is 0 Å². The summed E-state index contributed by atoms with van der Waals surface area (Å²) in [7, 11) is 0. The van der Waals surface area contributed by atoms with Gasteiger partial charge in [-0.2, -0.15) is 0 Å². The standard InChI is InChI=1S/C27H33N3OS/c31-26(21-30(22-15-9-7-10-16-22)23-17-11-8-12-18-23)29-27-28-24-19-13-5-3-1-2-4-6-14-20-25(24)32-27/h7-12,15-18H,1-6,13-14,19-21H2,(H,28,29,31). The third-order valence-corrected chi connectivity index (χ3v) is 7.10. The van der Waals surface area contributed by atoms with Gasteiger partial charge in [-0.3, -0.25) is 4.79 Å². The highest BCUT2D eigenvalue weighted by atomic mass is 32.1. The monoisotopic (exact) mass is 447 g/mol. The van der Waals surface area contributed by atoms with Crippen LogP contribution in [0.4, 0.5) is 16.5 Å². The van der Waals surface area contributed by atoms with Gasteiger partial charge in [0, 0.05) is 16.3 Å². The average molecular weight is 448 g/mol. The molecule has 0 saturated heterocycles. The smallest absolute Gasteiger partial charge is 0.246 e. The molecule has 2 aromatic carbocycles. The second kappa shape index (κ2) is 11.8. The molecule has 1 N–H and O–H groups in total. The number of hydrogen-bond donors (Lipinski definition) is 1. The molecule has 1 aromatic heterocycles. The molecule has 5 heteroatoms. The van der Waals surface area contributed by atoms with E-state index >= 15 is 0 Å². The molecule has 1 aliphatic carbocycles. The van der Waals surface area contributed by atoms with Crippen LogP contribution in [0.15, 0.2) is 60.7 Å². The minimum Gasteiger partial charge on any atom is -0.332 e. The lowest BCUT2D eigenvalue weighted by Gasteiger charge is -2.24. The van der Waals surface area contributed by atoms with Crippen LogP contribution >= 0.6 is 11.3 Å². The van der Waals surface area contributed by atoms with E-state index in [2.05, 4.69) is 5.32 Å². The first-order valence-corrected chi connectivity index (χ1v) is 12.8. The molecule has 0 atom stereocenters. The van der Waals surface area contributed by atoms with E-state index in [0.29, 0.717) is 0 Å². The Labute approximate surface area is 195 Å². The van der Waals surface area contributed by atoms with Gasteiger partial charge in [-0.1, -0.05) is 74.9 Å². The highest BCUT2D eigenvalue weighted by Crippen LogP contribution is 2.29. The average Bonchev–Trinajstić information content (AvgIpc) is 3.19. The van der Waals surface area contributed by atoms with Gasteiger partial charge in [0.05, 0.1) is 5.69 Å². The maximum absolute atomic E-state index is 13.0. The van der Waals surface area contributed by atoms with E-state index in [4.69, 9.17) is 4.98 Å². The number of anilines is 3. The van der Waals surface area contributed by atoms with Gasteiger partial charge in [-0.05, 0) is 49.9 Å². The zero-order valence-electron chi connectivity index (χ0n) is 18.8. The van der Waals surface area contributed by atoms with Gasteiger partial charge in [-0.25, -0.2) is 4.98 Å². The first kappa shape index (κ1) is 22.5. The van der Waals surface area contributed by atoms with Crippen molar-refractivity contribution in [3.05, 3.63) is 71.2 Å². The topological polar surface area (TPSA) is 45.2 Å². The number of hydrogen-bond acceptors (Lipinski definition) is 4. The van der Waals surface area contributed by atoms with Gasteiger partial charge in [-0.15, -0.1) is 11.3 Å². The Hall–Kier alpha value is -2.66. The molecular formula is C27H33N3OS. The number of thiazole rings is 1. The summed E-state index contributed by atoms with van der Waals surface area (Å²) in [6.45, 7) is 0.248. The summed E-state index contributed by atoms with van der Waals surface area (Å²) in [6.07, 6.45) is 12.5. The van der Waals surface area contributed by atoms with Crippen LogP contribution in [0.25, 0.3) is 0 Å². The summed E-state index contributed by atoms with van der Waals surface area (Å²) in [5.74, 6) is -0.0394. The molecule has 1 aliphatic rings. The number of fused-ring (bicyclic) bond motifs is 1. The summed E-state index contributed by atoms with van der Waals surface area (Å²) in [5, 5.41) is 3.84. The van der Waals surface area contributed by atoms with E-state index in [9.17, 15) is 4.79 Å². The SMILES string of the molecule is O=C(CN(c1ccccc1)c1ccccc1)Nc1nc2c(s1)CCCCCCCCCC2. The van der Waals surface area contributed by atoms with Crippen molar-refractivity contribution in [3.63, 3.8) is 0 Å². The van der Waals surface area contributed by atoms with E-state index in [0.717, 1.165) is 29.3 Å². The molecule has 4 rings (SSSR count). The van der Waals surface area contributed by atoms with Gasteiger partial charge in [0.25, 0.3) is 0 Å². The predicted molar refractivity (Wildman–Crippen MR) is 135 cm³/mol. The number of nitrogens with one attached hydrogen (secondary N) is 1. The van der Waals surface area contributed by atoms with E-state index in [1.54, 1.807) is 11.3 Å². The van der Waals surface area contributed by atoms with E-state index in [-0.39, 0.29) is 12.5 Å². The van der Waals surface area contributed by atoms with Gasteiger partial charge < -0.3 is 10.2 Å². The summed E-state index contributed by atoms with van der Waals surface area (Å²) in [4.78, 5) is 21.3. The van der Waals surface area contributed by atoms with Crippen molar-refractivity contribution in [1.29, 1.82) is 0 Å². The number of aromatic nitrogens is 1. The number of benzene rings is 2. The Morgan fingerprint density at radius 3 is 1.91 bits per heavy atom. The minimum absolute atomic E-state index is 0.0394. The van der Waals surface area contributed by atoms with E-state index in [1.807, 2.05) is 65.6 Å². The van der Waals surface area contributed by atoms with Crippen molar-refractivity contribution >= 4 is 33.8 Å². The van der Waals surface area contributed by atoms with Gasteiger partial charge in [0.15, 0.2) is 5.13 Å². The summed E-state index contributed by atoms with van der Waals surface area (Å²) in [5.41, 5.74) is 3.20. The first-order valence-electron chi connectivity index (χ1n) is 12.0. The second-order valence-corrected chi connectivity index (χ2v) is 9.61. The minimum atomic E-state index is -0.0394. The van der Waals surface area contributed by atoms with Crippen molar-refractivity contribution in [2.75, 3.05) is 16.8 Å². The van der Waals surface area contributed by atoms with Crippen molar-refractivity contribution in [3.8, 4) is 0 Å². The number of aryl methyl sites for hydroxylation is 2. The summed E-state index contributed by atoms with van der Waals surface area (Å²) < 4.78 is 0. The maximum Gasteiger partial charge on any atom is 0.246 e. The number of nitrogens with zero attached hydrogens (tertiary/aromatic N) is 2. The lowest BCUT2D eigenvalue weighted by atomic mass is 10.0. The van der Waals surface area contributed by atoms with Crippen molar-refractivity contribution in [1.82, 2.24) is 4.98 Å². The third kappa shape index (κ3) is 6.42. The number of carbonyl (C=O) groups excluding carboxylic acids is 1. The molecule has 168 valence electrons. The highest BCUT2D eigenvalue weighted by molar-refractivity contribution is 7.15. The molecule has 0 fully saturated rings. The molecule has 0 bridgehead atoms. The second-order valence-electron chi connectivity index (χ2n) is 8.52. The molecular weight excluding hydrogens is 414 g/mol. The Kier molecular flexibility index (Phi) is 8.32. The fraction of sp³-hybridized carbons (Fsp3) is 0.407. The van der Waals surface area contributed by atoms with E-state index < -0.39 is 0 Å². The fourth-order valence-corrected chi connectivity index (χ4v) is 5.38. The summed E-state index contributed by atoms with van der Waals surface area (Å²) in [6, 6.07) is 20.1. The Morgan fingerprint density at radius 2 is 1.31 bits per heavy atom. The molecule has 32 heavy (non-hydrogen) atoms. The third-order valence-electron chi connectivity index (χ3n) is 6.03. The molecule has 1 heterocycles. The number of para-hydroxylation sites is 2. The first-order chi connectivity index (χ1) is 15.8. The van der Waals surface area contributed by atoms with Crippen LogP contribution in [0.1, 0.15) is 61.9 Å². The Bertz CT molecular complexity index is 902. The van der Waals surface area contributed by atoms with Crippen LogP contribution in [0, 0.1) is 0 Å². The normalized spacial score (nSPS) is 15.1. The predicted octanol–water partition coefficient (Wildman–Crippen LogP) is 7.14. The van der Waals surface area contributed by atoms with Crippen LogP contribution < -0.4 is 10.2 Å². The van der Waals surface area contributed by atoms with Crippen molar-refractivity contribution in [2.24, 2.45) is 0 Å². The van der Waals surface area contributed by atoms with Crippen molar-refractivity contribution < 1.29 is 4.79 Å². The Morgan fingerprint density at radius 1 is 0.781 bits per heavy atom. The highest BCUT2D eigenvalue weighted by Gasteiger charge is 2.17. The van der Waals surface area contributed by atoms with Gasteiger partial charge in [0.1, 0.15) is 6.54 Å². The lowest BCUT2D eigenvalue weighted by molar-refractivity contribution is -0.114. The fourth-order valence-electron chi connectivity index (χ4n) is 4.32. The zero-order chi connectivity index (χ0) is 22.0. The van der Waals surface area contributed by atoms with Crippen LogP contribution in [-0.2, 0) is 17.6 Å². The van der Waals surface area contributed by atoms with Crippen LogP contribution in [0.2, 0.25) is 0 Å². The van der Waals surface area contributed by atoms with Crippen molar-refractivity contribution in [2.45, 2.75) is 64.2 Å². The molecule has 0 aliphatic heterocycles. The largest absolute Gasteiger partial charge is 0.332 e. The maximum atomic E-state index is 13.0. The molecule has 0 saturated carbocycles. The van der Waals surface area contributed by atoms with Gasteiger partial charge in [0.2, 0.25) is 5.91 Å². The molecule has 0 radical (unpaired) electrons. The Balaban J connectivity index is 1.46. The number of rotatable bonds is 5. The van der Waals surface area contributed by atoms with Crippen LogP contribution in [0.5, 0.6) is 0 Å². The molecule has 1 amide bonds. The van der Waals surface area contributed by atoms with Gasteiger partial charge >= 0.3 is 0 Å². The van der Waals surface area contributed by atoms with E-state index in [1.165, 1.54) is 61.9 Å². The number of amides is 1. The molecule has 0 unspecified atom stereocenters. The lowest BCUT2D eigenvalue weighted by Crippen LogP contribution is -2.29. The number of carbonyl (C=O) groups is 1. The molecule has 3 aromatic rings. The zero-order valence-corrected chi connectivity index (χ0v) is 19.6. The van der Waals surface area contributed by atoms with Crippen LogP contribution in [-0.4, -0.2) is 17.4 Å². The quantitative estimate of drug-likeness (QED) is 0.452. The summed E-state index contributed by atoms with van der Waals surface area (Å²) >= 11 is 1.67. The molecule has 4 nitrogen and oxygen atoms in total. The molecule has 0 spiro atoms.